The zero-order valence-corrected chi connectivity index (χ0v) is 13.7. The number of carboxylic acids is 1. The third kappa shape index (κ3) is 5.11. The molecule has 1 saturated carbocycles. The summed E-state index contributed by atoms with van der Waals surface area (Å²) in [6, 6.07) is 4.45. The average Bonchev–Trinajstić information content (AvgIpc) is 2.55. The standard InChI is InChI=1S/C17H23FN2O4/c1-24-15-7-2-11(10-14(15)18)8-9-19-17(23)20-13-5-3-12(4-6-13)16(21)22/h2,7,10,12-13H,3-6,8-9H2,1H3,(H,21,22)(H2,19,20,23). The highest BCUT2D eigenvalue weighted by molar-refractivity contribution is 5.74. The molecule has 1 aromatic carbocycles. The number of carbonyl (C=O) groups is 2. The number of hydrogen-bond donors (Lipinski definition) is 3. The van der Waals surface area contributed by atoms with Gasteiger partial charge in [0.1, 0.15) is 0 Å². The molecular formula is C17H23FN2O4. The van der Waals surface area contributed by atoms with Gasteiger partial charge >= 0.3 is 12.0 Å². The third-order valence-corrected chi connectivity index (χ3v) is 4.33. The Morgan fingerprint density at radius 1 is 1.29 bits per heavy atom. The Morgan fingerprint density at radius 2 is 2.00 bits per heavy atom. The molecular weight excluding hydrogens is 315 g/mol. The first-order valence-electron chi connectivity index (χ1n) is 8.09. The molecule has 132 valence electrons. The van der Waals surface area contributed by atoms with Gasteiger partial charge in [-0.15, -0.1) is 0 Å². The summed E-state index contributed by atoms with van der Waals surface area (Å²) in [6.07, 6.45) is 3.04. The maximum Gasteiger partial charge on any atom is 0.315 e. The van der Waals surface area contributed by atoms with Gasteiger partial charge in [0.05, 0.1) is 13.0 Å². The summed E-state index contributed by atoms with van der Waals surface area (Å²) in [5, 5.41) is 14.5. The Morgan fingerprint density at radius 3 is 2.58 bits per heavy atom. The molecule has 0 atom stereocenters. The number of urea groups is 1. The van der Waals surface area contributed by atoms with E-state index in [0.717, 1.165) is 5.56 Å². The van der Waals surface area contributed by atoms with Crippen LogP contribution < -0.4 is 15.4 Å². The van der Waals surface area contributed by atoms with Crippen LogP contribution in [-0.2, 0) is 11.2 Å². The Hall–Kier alpha value is -2.31. The van der Waals surface area contributed by atoms with E-state index in [9.17, 15) is 14.0 Å². The number of rotatable bonds is 6. The van der Waals surface area contributed by atoms with Gasteiger partial charge in [-0.25, -0.2) is 9.18 Å². The van der Waals surface area contributed by atoms with Crippen LogP contribution in [0, 0.1) is 11.7 Å². The number of methoxy groups -OCH3 is 1. The fourth-order valence-corrected chi connectivity index (χ4v) is 2.91. The summed E-state index contributed by atoms with van der Waals surface area (Å²) in [7, 11) is 1.41. The van der Waals surface area contributed by atoms with Crippen molar-refractivity contribution in [1.29, 1.82) is 0 Å². The van der Waals surface area contributed by atoms with E-state index in [0.29, 0.717) is 38.6 Å². The van der Waals surface area contributed by atoms with Crippen LogP contribution in [0.1, 0.15) is 31.2 Å². The molecule has 2 amide bonds. The van der Waals surface area contributed by atoms with E-state index in [1.54, 1.807) is 12.1 Å². The lowest BCUT2D eigenvalue weighted by molar-refractivity contribution is -0.142. The highest BCUT2D eigenvalue weighted by atomic mass is 19.1. The molecule has 1 aliphatic carbocycles. The van der Waals surface area contributed by atoms with Crippen molar-refractivity contribution in [3.05, 3.63) is 29.6 Å². The molecule has 0 bridgehead atoms. The lowest BCUT2D eigenvalue weighted by atomic mass is 9.86. The molecule has 1 fully saturated rings. The number of nitrogens with one attached hydrogen (secondary N) is 2. The molecule has 7 heteroatoms. The molecule has 0 spiro atoms. The highest BCUT2D eigenvalue weighted by Gasteiger charge is 2.26. The predicted molar refractivity (Wildman–Crippen MR) is 86.6 cm³/mol. The van der Waals surface area contributed by atoms with Gasteiger partial charge in [-0.1, -0.05) is 6.07 Å². The summed E-state index contributed by atoms with van der Waals surface area (Å²) in [4.78, 5) is 22.7. The smallest absolute Gasteiger partial charge is 0.315 e. The van der Waals surface area contributed by atoms with Crippen molar-refractivity contribution in [3.8, 4) is 5.75 Å². The van der Waals surface area contributed by atoms with Crippen molar-refractivity contribution in [1.82, 2.24) is 10.6 Å². The molecule has 0 heterocycles. The molecule has 24 heavy (non-hydrogen) atoms. The van der Waals surface area contributed by atoms with E-state index < -0.39 is 11.8 Å². The number of hydrogen-bond acceptors (Lipinski definition) is 3. The van der Waals surface area contributed by atoms with E-state index in [1.807, 2.05) is 0 Å². The minimum atomic E-state index is -0.760. The minimum absolute atomic E-state index is 0.0130. The minimum Gasteiger partial charge on any atom is -0.494 e. The van der Waals surface area contributed by atoms with Gasteiger partial charge in [0.15, 0.2) is 11.6 Å². The molecule has 1 aliphatic rings. The summed E-state index contributed by atoms with van der Waals surface area (Å²) in [5.41, 5.74) is 0.774. The largest absolute Gasteiger partial charge is 0.494 e. The molecule has 0 aromatic heterocycles. The number of amides is 2. The van der Waals surface area contributed by atoms with Gasteiger partial charge in [0.2, 0.25) is 0 Å². The summed E-state index contributed by atoms with van der Waals surface area (Å²) >= 11 is 0. The van der Waals surface area contributed by atoms with Crippen LogP contribution in [0.4, 0.5) is 9.18 Å². The number of ether oxygens (including phenoxy) is 1. The topological polar surface area (TPSA) is 87.7 Å². The molecule has 3 N–H and O–H groups in total. The Kier molecular flexibility index (Phi) is 6.40. The van der Waals surface area contributed by atoms with Gasteiger partial charge in [0, 0.05) is 12.6 Å². The Labute approximate surface area is 140 Å². The molecule has 0 unspecified atom stereocenters. The van der Waals surface area contributed by atoms with Crippen molar-refractivity contribution in [2.45, 2.75) is 38.1 Å². The van der Waals surface area contributed by atoms with Crippen molar-refractivity contribution >= 4 is 12.0 Å². The van der Waals surface area contributed by atoms with Crippen LogP contribution in [0.25, 0.3) is 0 Å². The number of carbonyl (C=O) groups excluding carboxylic acids is 1. The number of carboxylic acid groups (broad SMARTS) is 1. The second-order valence-electron chi connectivity index (χ2n) is 6.01. The zero-order valence-electron chi connectivity index (χ0n) is 13.7. The van der Waals surface area contributed by atoms with E-state index in [4.69, 9.17) is 9.84 Å². The van der Waals surface area contributed by atoms with Crippen LogP contribution >= 0.6 is 0 Å². The first kappa shape index (κ1) is 18.0. The summed E-state index contributed by atoms with van der Waals surface area (Å²) in [6.45, 7) is 0.391. The quantitative estimate of drug-likeness (QED) is 0.743. The molecule has 0 aliphatic heterocycles. The first-order valence-corrected chi connectivity index (χ1v) is 8.09. The van der Waals surface area contributed by atoms with Gasteiger partial charge in [0.25, 0.3) is 0 Å². The molecule has 2 rings (SSSR count). The first-order chi connectivity index (χ1) is 11.5. The predicted octanol–water partition coefficient (Wildman–Crippen LogP) is 2.32. The van der Waals surface area contributed by atoms with Crippen LogP contribution in [0.3, 0.4) is 0 Å². The maximum absolute atomic E-state index is 13.6. The monoisotopic (exact) mass is 338 g/mol. The van der Waals surface area contributed by atoms with Crippen LogP contribution in [0.5, 0.6) is 5.75 Å². The highest BCUT2D eigenvalue weighted by Crippen LogP contribution is 2.24. The third-order valence-electron chi connectivity index (χ3n) is 4.33. The van der Waals surface area contributed by atoms with Gasteiger partial charge in [-0.3, -0.25) is 4.79 Å². The fraction of sp³-hybridized carbons (Fsp3) is 0.529. The van der Waals surface area contributed by atoms with Gasteiger partial charge in [-0.05, 0) is 49.8 Å². The summed E-state index contributed by atoms with van der Waals surface area (Å²) in [5.74, 6) is -1.28. The Balaban J connectivity index is 1.68. The van der Waals surface area contributed by atoms with Crippen LogP contribution in [0.15, 0.2) is 18.2 Å². The number of benzene rings is 1. The lowest BCUT2D eigenvalue weighted by Gasteiger charge is -2.26. The molecule has 6 nitrogen and oxygen atoms in total. The lowest BCUT2D eigenvalue weighted by Crippen LogP contribution is -2.44. The van der Waals surface area contributed by atoms with Crippen molar-refractivity contribution < 1.29 is 23.8 Å². The van der Waals surface area contributed by atoms with Gasteiger partial charge in [-0.2, -0.15) is 0 Å². The Bertz CT molecular complexity index is 586. The number of halogens is 1. The SMILES string of the molecule is COc1ccc(CCNC(=O)NC2CCC(C(=O)O)CC2)cc1F. The average molecular weight is 338 g/mol. The van der Waals surface area contributed by atoms with E-state index in [1.165, 1.54) is 13.2 Å². The van der Waals surface area contributed by atoms with Gasteiger partial charge < -0.3 is 20.5 Å². The van der Waals surface area contributed by atoms with E-state index in [-0.39, 0.29) is 23.7 Å². The van der Waals surface area contributed by atoms with Crippen molar-refractivity contribution in [2.24, 2.45) is 5.92 Å². The van der Waals surface area contributed by atoms with Crippen LogP contribution in [-0.4, -0.2) is 36.8 Å². The molecule has 0 radical (unpaired) electrons. The second kappa shape index (κ2) is 8.52. The van der Waals surface area contributed by atoms with E-state index in [2.05, 4.69) is 10.6 Å². The molecule has 1 aromatic rings. The summed E-state index contributed by atoms with van der Waals surface area (Å²) < 4.78 is 18.4. The number of aliphatic carboxylic acids is 1. The zero-order chi connectivity index (χ0) is 17.5. The van der Waals surface area contributed by atoms with Crippen molar-refractivity contribution in [2.75, 3.05) is 13.7 Å². The van der Waals surface area contributed by atoms with E-state index >= 15 is 0 Å². The van der Waals surface area contributed by atoms with Crippen molar-refractivity contribution in [3.63, 3.8) is 0 Å². The maximum atomic E-state index is 13.6. The second-order valence-corrected chi connectivity index (χ2v) is 6.01. The molecule has 0 saturated heterocycles. The fourth-order valence-electron chi connectivity index (χ4n) is 2.91. The normalized spacial score (nSPS) is 20.2. The van der Waals surface area contributed by atoms with Crippen LogP contribution in [0.2, 0.25) is 0 Å².